The zero-order valence-electron chi connectivity index (χ0n) is 5.29. The van der Waals surface area contributed by atoms with Gasteiger partial charge in [-0.15, -0.1) is 0 Å². The third kappa shape index (κ3) is 1.97. The normalized spacial score (nSPS) is 36.6. The molecule has 0 amide bonds. The lowest BCUT2D eigenvalue weighted by atomic mass is 10.5. The minimum Gasteiger partial charge on any atom is -0.310 e. The monoisotopic (exact) mass is 167 g/mol. The smallest absolute Gasteiger partial charge is 0.310 e. The van der Waals surface area contributed by atoms with Gasteiger partial charge in [0, 0.05) is 6.54 Å². The minimum absolute atomic E-state index is 0.630. The zero-order valence-corrected chi connectivity index (χ0v) is 7.00. The van der Waals surface area contributed by atoms with E-state index in [-0.39, 0.29) is 0 Å². The van der Waals surface area contributed by atoms with E-state index in [1.165, 1.54) is 11.4 Å². The van der Waals surface area contributed by atoms with E-state index in [4.69, 9.17) is 4.52 Å². The van der Waals surface area contributed by atoms with Crippen molar-refractivity contribution in [1.29, 1.82) is 0 Å². The Hall–Kier alpha value is 0.500. The van der Waals surface area contributed by atoms with E-state index in [1.807, 2.05) is 0 Å². The molecule has 0 aromatic rings. The first kappa shape index (κ1) is 7.61. The fourth-order valence-corrected chi connectivity index (χ4v) is 2.96. The van der Waals surface area contributed by atoms with E-state index >= 15 is 0 Å². The predicted octanol–water partition coefficient (Wildman–Crippen LogP) is 1.47. The van der Waals surface area contributed by atoms with Crippen molar-refractivity contribution in [1.82, 2.24) is 5.09 Å². The summed E-state index contributed by atoms with van der Waals surface area (Å²) in [5.41, 5.74) is 0. The summed E-state index contributed by atoms with van der Waals surface area (Å²) in [5.74, 6) is 0. The summed E-state index contributed by atoms with van der Waals surface area (Å²) in [7, 11) is 0. The first-order valence-electron chi connectivity index (χ1n) is 2.82. The molecule has 1 N–H and O–H groups in total. The van der Waals surface area contributed by atoms with Crippen molar-refractivity contribution in [2.75, 3.05) is 19.4 Å². The van der Waals surface area contributed by atoms with E-state index in [0.29, 0.717) is 6.61 Å². The Bertz CT molecular complexity index is 131. The summed E-state index contributed by atoms with van der Waals surface area (Å²) in [6.45, 7) is -0.980. The van der Waals surface area contributed by atoms with Gasteiger partial charge in [-0.1, -0.05) is 11.4 Å². The van der Waals surface area contributed by atoms with Crippen LogP contribution in [0, 0.1) is 0 Å². The Balaban J connectivity index is 2.47. The Labute approximate surface area is 58.8 Å². The zero-order chi connectivity index (χ0) is 6.74. The standard InChI is InChI=1S/C4H10NO2PS/c1-9-8(6)5-3-2-4-7-8/h2-4H2,1H3,(H,5,6). The molecule has 5 heteroatoms. The molecule has 54 valence electrons. The van der Waals surface area contributed by atoms with Crippen molar-refractivity contribution in [3.8, 4) is 0 Å². The maximum Gasteiger partial charge on any atom is 0.326 e. The van der Waals surface area contributed by atoms with Crippen LogP contribution in [0.5, 0.6) is 0 Å². The molecule has 1 aliphatic heterocycles. The van der Waals surface area contributed by atoms with Gasteiger partial charge in [0.15, 0.2) is 0 Å². The highest BCUT2D eigenvalue weighted by atomic mass is 32.7. The first-order chi connectivity index (χ1) is 4.27. The van der Waals surface area contributed by atoms with Gasteiger partial charge in [0.25, 0.3) is 0 Å². The quantitative estimate of drug-likeness (QED) is 0.600. The highest BCUT2D eigenvalue weighted by Gasteiger charge is 2.23. The molecule has 0 bridgehead atoms. The van der Waals surface area contributed by atoms with Crippen LogP contribution in [-0.4, -0.2) is 19.4 Å². The van der Waals surface area contributed by atoms with Gasteiger partial charge in [0.2, 0.25) is 0 Å². The fraction of sp³-hybridized carbons (Fsp3) is 1.00. The van der Waals surface area contributed by atoms with Gasteiger partial charge >= 0.3 is 6.72 Å². The number of rotatable bonds is 1. The molecule has 1 atom stereocenters. The first-order valence-corrected chi connectivity index (χ1v) is 6.28. The topological polar surface area (TPSA) is 38.3 Å². The lowest BCUT2D eigenvalue weighted by Gasteiger charge is -2.21. The maximum absolute atomic E-state index is 11.2. The molecule has 1 saturated heterocycles. The molecule has 1 rings (SSSR count). The Morgan fingerprint density at radius 3 is 2.89 bits per heavy atom. The van der Waals surface area contributed by atoms with Crippen LogP contribution in [0.2, 0.25) is 0 Å². The van der Waals surface area contributed by atoms with E-state index in [2.05, 4.69) is 5.09 Å². The molecule has 1 fully saturated rings. The number of nitrogens with one attached hydrogen (secondary N) is 1. The third-order valence-electron chi connectivity index (χ3n) is 1.13. The second-order valence-corrected chi connectivity index (χ2v) is 6.25. The average molecular weight is 167 g/mol. The molecular weight excluding hydrogens is 157 g/mol. The van der Waals surface area contributed by atoms with E-state index < -0.39 is 6.72 Å². The third-order valence-corrected chi connectivity index (χ3v) is 4.89. The second-order valence-electron chi connectivity index (χ2n) is 1.77. The molecule has 0 spiro atoms. The van der Waals surface area contributed by atoms with Crippen LogP contribution in [0.4, 0.5) is 0 Å². The molecular formula is C4H10NO2PS. The van der Waals surface area contributed by atoms with Crippen LogP contribution >= 0.6 is 18.1 Å². The molecule has 0 radical (unpaired) electrons. The van der Waals surface area contributed by atoms with Crippen LogP contribution in [-0.2, 0) is 9.09 Å². The van der Waals surface area contributed by atoms with Crippen molar-refractivity contribution < 1.29 is 9.09 Å². The summed E-state index contributed by atoms with van der Waals surface area (Å²) >= 11 is 1.27. The van der Waals surface area contributed by atoms with Gasteiger partial charge in [-0.2, -0.15) is 0 Å². The fourth-order valence-electron chi connectivity index (χ4n) is 0.636. The Morgan fingerprint density at radius 2 is 2.56 bits per heavy atom. The molecule has 0 aromatic carbocycles. The highest BCUT2D eigenvalue weighted by Crippen LogP contribution is 2.55. The lowest BCUT2D eigenvalue weighted by Crippen LogP contribution is -2.19. The van der Waals surface area contributed by atoms with Crippen molar-refractivity contribution >= 4 is 18.1 Å². The minimum atomic E-state index is -2.43. The van der Waals surface area contributed by atoms with Gasteiger partial charge in [-0.3, -0.25) is 4.57 Å². The van der Waals surface area contributed by atoms with Crippen molar-refractivity contribution in [2.45, 2.75) is 6.42 Å². The van der Waals surface area contributed by atoms with E-state index in [1.54, 1.807) is 6.26 Å². The summed E-state index contributed by atoms with van der Waals surface area (Å²) in [6, 6.07) is 0. The molecule has 1 aliphatic rings. The highest BCUT2D eigenvalue weighted by molar-refractivity contribution is 8.55. The summed E-state index contributed by atoms with van der Waals surface area (Å²) in [6.07, 6.45) is 2.75. The Morgan fingerprint density at radius 1 is 1.78 bits per heavy atom. The van der Waals surface area contributed by atoms with Crippen LogP contribution in [0.25, 0.3) is 0 Å². The summed E-state index contributed by atoms with van der Waals surface area (Å²) in [4.78, 5) is 0. The molecule has 1 unspecified atom stereocenters. The van der Waals surface area contributed by atoms with Gasteiger partial charge in [0.05, 0.1) is 6.61 Å². The van der Waals surface area contributed by atoms with E-state index in [0.717, 1.165) is 13.0 Å². The molecule has 0 aliphatic carbocycles. The lowest BCUT2D eigenvalue weighted by molar-refractivity contribution is 0.290. The van der Waals surface area contributed by atoms with Gasteiger partial charge < -0.3 is 4.52 Å². The van der Waals surface area contributed by atoms with Crippen LogP contribution < -0.4 is 5.09 Å². The van der Waals surface area contributed by atoms with Gasteiger partial charge in [-0.05, 0) is 12.7 Å². The van der Waals surface area contributed by atoms with Crippen LogP contribution in [0.15, 0.2) is 0 Å². The second kappa shape index (κ2) is 3.06. The molecule has 1 heterocycles. The summed E-state index contributed by atoms with van der Waals surface area (Å²) in [5, 5.41) is 2.84. The van der Waals surface area contributed by atoms with Crippen molar-refractivity contribution in [3.05, 3.63) is 0 Å². The molecule has 0 aromatic heterocycles. The molecule has 3 nitrogen and oxygen atoms in total. The largest absolute Gasteiger partial charge is 0.326 e. The SMILES string of the molecule is CSP1(=O)NCCCO1. The molecule has 0 saturated carbocycles. The summed E-state index contributed by atoms with van der Waals surface area (Å²) < 4.78 is 16.3. The van der Waals surface area contributed by atoms with Crippen LogP contribution in [0.3, 0.4) is 0 Å². The number of hydrogen-bond acceptors (Lipinski definition) is 3. The average Bonchev–Trinajstić information content (AvgIpc) is 1.90. The van der Waals surface area contributed by atoms with Crippen molar-refractivity contribution in [2.24, 2.45) is 0 Å². The van der Waals surface area contributed by atoms with Gasteiger partial charge in [0.1, 0.15) is 0 Å². The van der Waals surface area contributed by atoms with E-state index in [9.17, 15) is 4.57 Å². The predicted molar refractivity (Wildman–Crippen MR) is 39.7 cm³/mol. The maximum atomic E-state index is 11.2. The number of hydrogen-bond donors (Lipinski definition) is 1. The van der Waals surface area contributed by atoms with Gasteiger partial charge in [-0.25, -0.2) is 5.09 Å². The van der Waals surface area contributed by atoms with Crippen LogP contribution in [0.1, 0.15) is 6.42 Å². The molecule has 9 heavy (non-hydrogen) atoms. The Kier molecular flexibility index (Phi) is 2.59. The van der Waals surface area contributed by atoms with Crippen molar-refractivity contribution in [3.63, 3.8) is 0 Å².